The number of ether oxygens (including phenoxy) is 1. The highest BCUT2D eigenvalue weighted by molar-refractivity contribution is 6.82. The van der Waals surface area contributed by atoms with Crippen LogP contribution in [0.2, 0.25) is 16.6 Å². The van der Waals surface area contributed by atoms with Gasteiger partial charge in [0.05, 0.1) is 24.6 Å². The quantitative estimate of drug-likeness (QED) is 0.188. The average Bonchev–Trinajstić information content (AvgIpc) is 3.34. The maximum absolute atomic E-state index is 12.4. The summed E-state index contributed by atoms with van der Waals surface area (Å²) >= 11 is 0. The summed E-state index contributed by atoms with van der Waals surface area (Å²) in [7, 11) is -0.365. The van der Waals surface area contributed by atoms with Crippen LogP contribution in [0.1, 0.15) is 53.5 Å². The Balaban J connectivity index is 1.41. The van der Waals surface area contributed by atoms with Crippen LogP contribution in [0.25, 0.3) is 22.0 Å². The van der Waals surface area contributed by atoms with Crippen molar-refractivity contribution in [1.82, 2.24) is 19.1 Å². The molecule has 0 amide bonds. The van der Waals surface area contributed by atoms with Crippen LogP contribution in [-0.2, 0) is 6.42 Å². The van der Waals surface area contributed by atoms with Crippen LogP contribution in [0.3, 0.4) is 0 Å². The molecule has 230 valence electrons. The van der Waals surface area contributed by atoms with E-state index in [0.717, 1.165) is 56.9 Å². The van der Waals surface area contributed by atoms with Gasteiger partial charge >= 0.3 is 0 Å². The van der Waals surface area contributed by atoms with Gasteiger partial charge in [0.2, 0.25) is 10.9 Å². The molecule has 10 heteroatoms. The van der Waals surface area contributed by atoms with Crippen molar-refractivity contribution in [3.8, 4) is 16.9 Å². The Morgan fingerprint density at radius 3 is 2.26 bits per heavy atom. The first-order chi connectivity index (χ1) is 20.5. The van der Waals surface area contributed by atoms with E-state index < -0.39 is 19.1 Å². The van der Waals surface area contributed by atoms with Crippen molar-refractivity contribution in [2.45, 2.75) is 71.0 Å². The van der Waals surface area contributed by atoms with Crippen molar-refractivity contribution in [1.29, 1.82) is 0 Å². The van der Waals surface area contributed by atoms with E-state index >= 15 is 0 Å². The molecule has 4 aromatic rings. The predicted octanol–water partition coefficient (Wildman–Crippen LogP) is 5.06. The van der Waals surface area contributed by atoms with E-state index in [9.17, 15) is 9.59 Å². The molecule has 2 aromatic carbocycles. The van der Waals surface area contributed by atoms with E-state index in [0.29, 0.717) is 27.9 Å². The highest BCUT2D eigenvalue weighted by Crippen LogP contribution is 2.45. The molecule has 1 fully saturated rings. The monoisotopic (exact) mass is 602 g/mol. The third-order valence-electron chi connectivity index (χ3n) is 9.79. The smallest absolute Gasteiger partial charge is 0.249 e. The zero-order valence-corrected chi connectivity index (χ0v) is 27.7. The Morgan fingerprint density at radius 2 is 1.65 bits per heavy atom. The molecule has 0 saturated carbocycles. The fourth-order valence-electron chi connectivity index (χ4n) is 7.87. The Kier molecular flexibility index (Phi) is 8.81. The molecule has 0 atom stereocenters. The van der Waals surface area contributed by atoms with Gasteiger partial charge < -0.3 is 19.6 Å². The summed E-state index contributed by atoms with van der Waals surface area (Å²) in [6, 6.07) is 6.23. The zero-order valence-electron chi connectivity index (χ0n) is 26.7. The molecule has 9 nitrogen and oxygen atoms in total. The third-order valence-corrected chi connectivity index (χ3v) is 16.5. The van der Waals surface area contributed by atoms with Crippen molar-refractivity contribution in [2.24, 2.45) is 0 Å². The normalized spacial score (nSPS) is 15.1. The second-order valence-electron chi connectivity index (χ2n) is 12.9. The molecule has 0 spiro atoms. The number of hydrogen-bond acceptors (Lipinski definition) is 8. The standard InChI is InChI=1S/C33H46N6O3Si/c1-21(2)43(22(3)4,23(5)6)39-19-25(26-17-24(10-11-27(26)39)29-30(34)32(41)31(29)40)9-8-12-37-13-15-38(16-14-37)33-28(42-7)18-35-20-36-33/h10-11,17-23H,8-9,12-16,34H2,1-7H3. The highest BCUT2D eigenvalue weighted by Gasteiger charge is 2.46. The molecule has 0 bridgehead atoms. The van der Waals surface area contributed by atoms with Gasteiger partial charge in [-0.2, -0.15) is 0 Å². The van der Waals surface area contributed by atoms with Gasteiger partial charge in [-0.3, -0.25) is 14.5 Å². The number of nitrogens with two attached hydrogens (primary N) is 1. The number of methoxy groups -OCH3 is 1. The van der Waals surface area contributed by atoms with Gasteiger partial charge in [0.15, 0.2) is 19.8 Å². The first kappa shape index (κ1) is 30.9. The minimum atomic E-state index is -2.02. The number of aryl methyl sites for hydroxylation is 1. The highest BCUT2D eigenvalue weighted by atomic mass is 28.3. The summed E-state index contributed by atoms with van der Waals surface area (Å²) in [6.45, 7) is 19.0. The third kappa shape index (κ3) is 5.29. The Bertz CT molecular complexity index is 1640. The number of nitrogens with zero attached hydrogens (tertiary/aromatic N) is 5. The Morgan fingerprint density at radius 1 is 0.977 bits per heavy atom. The summed E-state index contributed by atoms with van der Waals surface area (Å²) in [5, 5.41) is 1.17. The number of fused-ring (bicyclic) bond motifs is 1. The molecular formula is C33H46N6O3Si. The maximum Gasteiger partial charge on any atom is 0.249 e. The molecule has 1 aliphatic rings. The average molecular weight is 603 g/mol. The van der Waals surface area contributed by atoms with Crippen LogP contribution < -0.4 is 26.2 Å². The number of aromatic nitrogens is 3. The van der Waals surface area contributed by atoms with Crippen molar-refractivity contribution in [3.05, 3.63) is 62.9 Å². The van der Waals surface area contributed by atoms with Gasteiger partial charge in [-0.15, -0.1) is 0 Å². The van der Waals surface area contributed by atoms with E-state index in [1.807, 2.05) is 6.07 Å². The molecular weight excluding hydrogens is 556 g/mol. The molecule has 1 saturated heterocycles. The number of rotatable bonds is 11. The summed E-state index contributed by atoms with van der Waals surface area (Å²) in [4.78, 5) is 37.7. The molecule has 1 aliphatic heterocycles. The molecule has 2 aromatic heterocycles. The van der Waals surface area contributed by atoms with Crippen molar-refractivity contribution in [2.75, 3.05) is 50.5 Å². The van der Waals surface area contributed by atoms with Crippen LogP contribution in [0.5, 0.6) is 5.75 Å². The van der Waals surface area contributed by atoms with Gasteiger partial charge in [-0.05, 0) is 65.5 Å². The number of benzene rings is 1. The van der Waals surface area contributed by atoms with Crippen molar-refractivity contribution < 1.29 is 4.74 Å². The largest absolute Gasteiger partial charge is 0.491 e. The lowest BCUT2D eigenvalue weighted by molar-refractivity contribution is 0.253. The molecule has 2 N–H and O–H groups in total. The summed E-state index contributed by atoms with van der Waals surface area (Å²) < 4.78 is 8.12. The van der Waals surface area contributed by atoms with Crippen LogP contribution >= 0.6 is 0 Å². The lowest BCUT2D eigenvalue weighted by Crippen LogP contribution is -2.51. The van der Waals surface area contributed by atoms with Gasteiger partial charge in [0.25, 0.3) is 0 Å². The first-order valence-electron chi connectivity index (χ1n) is 15.6. The summed E-state index contributed by atoms with van der Waals surface area (Å²) in [5.74, 6) is 1.57. The topological polar surface area (TPSA) is 107 Å². The molecule has 0 aliphatic carbocycles. The molecule has 0 unspecified atom stereocenters. The Hall–Kier alpha value is -3.50. The van der Waals surface area contributed by atoms with Crippen molar-refractivity contribution >= 4 is 30.6 Å². The second-order valence-corrected chi connectivity index (χ2v) is 18.6. The number of hydrogen-bond donors (Lipinski definition) is 1. The minimum absolute atomic E-state index is 0.0827. The lowest BCUT2D eigenvalue weighted by Gasteiger charge is -2.44. The van der Waals surface area contributed by atoms with Gasteiger partial charge in [0, 0.05) is 37.1 Å². The lowest BCUT2D eigenvalue weighted by atomic mass is 9.96. The number of anilines is 2. The van der Waals surface area contributed by atoms with E-state index in [4.69, 9.17) is 10.5 Å². The predicted molar refractivity (Wildman–Crippen MR) is 179 cm³/mol. The summed E-state index contributed by atoms with van der Waals surface area (Å²) in [5.41, 5.74) is 10.3. The van der Waals surface area contributed by atoms with Crippen LogP contribution in [0.4, 0.5) is 11.5 Å². The Labute approximate surface area is 255 Å². The molecule has 5 rings (SSSR count). The van der Waals surface area contributed by atoms with Crippen LogP contribution in [0.15, 0.2) is 46.5 Å². The fourth-order valence-corrected chi connectivity index (χ4v) is 14.5. The van der Waals surface area contributed by atoms with E-state index in [2.05, 4.69) is 83.9 Å². The van der Waals surface area contributed by atoms with Gasteiger partial charge in [0.1, 0.15) is 6.33 Å². The van der Waals surface area contributed by atoms with Gasteiger partial charge in [-0.1, -0.05) is 47.6 Å². The molecule has 0 radical (unpaired) electrons. The zero-order chi connectivity index (χ0) is 31.1. The maximum atomic E-state index is 12.4. The van der Waals surface area contributed by atoms with E-state index in [1.165, 1.54) is 16.5 Å². The SMILES string of the molecule is COc1cncnc1N1CCN(CCCc2cn([Si](C(C)C)(C(C)C)C(C)C)c3ccc(-c4c(N)c(=O)c4=O)cc23)CC1. The molecule has 3 heterocycles. The fraction of sp³-hybridized carbons (Fsp3) is 0.515. The van der Waals surface area contributed by atoms with Crippen LogP contribution in [-0.4, -0.2) is 67.2 Å². The second kappa shape index (κ2) is 12.2. The number of piperazine rings is 1. The minimum Gasteiger partial charge on any atom is -0.491 e. The van der Waals surface area contributed by atoms with E-state index in [-0.39, 0.29) is 5.69 Å². The van der Waals surface area contributed by atoms with Crippen LogP contribution in [0, 0.1) is 0 Å². The summed E-state index contributed by atoms with van der Waals surface area (Å²) in [6.07, 6.45) is 7.68. The number of nitrogen functional groups attached to an aromatic ring is 1. The van der Waals surface area contributed by atoms with Gasteiger partial charge in [-0.25, -0.2) is 9.97 Å². The van der Waals surface area contributed by atoms with E-state index in [1.54, 1.807) is 19.6 Å². The molecule has 43 heavy (non-hydrogen) atoms. The van der Waals surface area contributed by atoms with Crippen molar-refractivity contribution in [3.63, 3.8) is 0 Å². The first-order valence-corrected chi connectivity index (χ1v) is 17.7.